The summed E-state index contributed by atoms with van der Waals surface area (Å²) in [5.74, 6) is 0.793. The van der Waals surface area contributed by atoms with Gasteiger partial charge in [-0.3, -0.25) is 0 Å². The monoisotopic (exact) mass is 181 g/mol. The predicted octanol–water partition coefficient (Wildman–Crippen LogP) is 1.08. The summed E-state index contributed by atoms with van der Waals surface area (Å²) in [6, 6.07) is 7.05. The molecule has 1 aromatic carbocycles. The van der Waals surface area contributed by atoms with Crippen LogP contribution in [-0.4, -0.2) is 18.3 Å². The fourth-order valence-corrected chi connectivity index (χ4v) is 1.10. The summed E-state index contributed by atoms with van der Waals surface area (Å²) in [7, 11) is 1.61. The van der Waals surface area contributed by atoms with E-state index in [0.29, 0.717) is 0 Å². The van der Waals surface area contributed by atoms with Gasteiger partial charge in [0.05, 0.1) is 19.3 Å². The van der Waals surface area contributed by atoms with E-state index in [4.69, 9.17) is 10.5 Å². The van der Waals surface area contributed by atoms with Crippen molar-refractivity contribution >= 4 is 0 Å². The number of hydrogen-bond acceptors (Lipinski definition) is 3. The van der Waals surface area contributed by atoms with Crippen molar-refractivity contribution in [3.05, 3.63) is 29.8 Å². The second-order valence-corrected chi connectivity index (χ2v) is 3.04. The van der Waals surface area contributed by atoms with Crippen LogP contribution in [0.3, 0.4) is 0 Å². The van der Waals surface area contributed by atoms with Gasteiger partial charge in [0.1, 0.15) is 5.75 Å². The maximum absolute atomic E-state index is 9.24. The van der Waals surface area contributed by atoms with Crippen LogP contribution in [-0.2, 0) is 0 Å². The average Bonchev–Trinajstić information content (AvgIpc) is 2.17. The maximum atomic E-state index is 9.24. The number of hydrogen-bond donors (Lipinski definition) is 2. The van der Waals surface area contributed by atoms with E-state index in [1.165, 1.54) is 0 Å². The highest BCUT2D eigenvalue weighted by atomic mass is 16.5. The molecule has 0 amide bonds. The molecule has 0 saturated carbocycles. The lowest BCUT2D eigenvalue weighted by Crippen LogP contribution is -2.22. The van der Waals surface area contributed by atoms with E-state index in [2.05, 4.69) is 0 Å². The molecule has 0 saturated heterocycles. The molecule has 13 heavy (non-hydrogen) atoms. The largest absolute Gasteiger partial charge is 0.497 e. The Morgan fingerprint density at radius 1 is 1.31 bits per heavy atom. The van der Waals surface area contributed by atoms with Crippen molar-refractivity contribution in [2.75, 3.05) is 7.11 Å². The zero-order chi connectivity index (χ0) is 9.84. The SMILES string of the molecule is COc1ccc([C@@H](N)[C@H](C)O)cc1. The molecule has 0 spiro atoms. The molecule has 0 unspecified atom stereocenters. The van der Waals surface area contributed by atoms with Gasteiger partial charge in [0, 0.05) is 0 Å². The van der Waals surface area contributed by atoms with Crippen LogP contribution >= 0.6 is 0 Å². The van der Waals surface area contributed by atoms with E-state index >= 15 is 0 Å². The van der Waals surface area contributed by atoms with Gasteiger partial charge in [0.15, 0.2) is 0 Å². The molecule has 3 nitrogen and oxygen atoms in total. The zero-order valence-corrected chi connectivity index (χ0v) is 7.90. The topological polar surface area (TPSA) is 55.5 Å². The minimum Gasteiger partial charge on any atom is -0.497 e. The van der Waals surface area contributed by atoms with Crippen LogP contribution < -0.4 is 10.5 Å². The van der Waals surface area contributed by atoms with E-state index in [9.17, 15) is 5.11 Å². The molecule has 0 aliphatic heterocycles. The quantitative estimate of drug-likeness (QED) is 0.733. The summed E-state index contributed by atoms with van der Waals surface area (Å²) in [6.45, 7) is 1.68. The first kappa shape index (κ1) is 10.0. The number of benzene rings is 1. The highest BCUT2D eigenvalue weighted by Crippen LogP contribution is 2.17. The molecule has 0 fully saturated rings. The van der Waals surface area contributed by atoms with E-state index in [1.807, 2.05) is 24.3 Å². The van der Waals surface area contributed by atoms with Crippen molar-refractivity contribution in [1.29, 1.82) is 0 Å². The van der Waals surface area contributed by atoms with Crippen molar-refractivity contribution in [3.8, 4) is 5.75 Å². The molecule has 0 heterocycles. The van der Waals surface area contributed by atoms with Crippen molar-refractivity contribution in [2.24, 2.45) is 5.73 Å². The Morgan fingerprint density at radius 3 is 2.23 bits per heavy atom. The molecule has 0 aliphatic carbocycles. The Balaban J connectivity index is 2.79. The molecule has 3 N–H and O–H groups in total. The maximum Gasteiger partial charge on any atom is 0.118 e. The van der Waals surface area contributed by atoms with Crippen molar-refractivity contribution < 1.29 is 9.84 Å². The smallest absolute Gasteiger partial charge is 0.118 e. The summed E-state index contributed by atoms with van der Waals surface area (Å²) in [5.41, 5.74) is 6.65. The van der Waals surface area contributed by atoms with Gasteiger partial charge < -0.3 is 15.6 Å². The number of aliphatic hydroxyl groups excluding tert-OH is 1. The predicted molar refractivity (Wildman–Crippen MR) is 51.6 cm³/mol. The van der Waals surface area contributed by atoms with Crippen molar-refractivity contribution in [1.82, 2.24) is 0 Å². The Labute approximate surface area is 78.1 Å². The fourth-order valence-electron chi connectivity index (χ4n) is 1.10. The van der Waals surface area contributed by atoms with Crippen molar-refractivity contribution in [3.63, 3.8) is 0 Å². The third kappa shape index (κ3) is 2.44. The summed E-state index contributed by atoms with van der Waals surface area (Å²) in [6.07, 6.45) is -0.534. The first-order chi connectivity index (χ1) is 6.15. The van der Waals surface area contributed by atoms with Crippen LogP contribution in [0.15, 0.2) is 24.3 Å². The first-order valence-electron chi connectivity index (χ1n) is 4.22. The molecular weight excluding hydrogens is 166 g/mol. The number of nitrogens with two attached hydrogens (primary N) is 1. The Bertz CT molecular complexity index is 256. The molecule has 0 radical (unpaired) electrons. The van der Waals surface area contributed by atoms with Gasteiger partial charge in [-0.15, -0.1) is 0 Å². The Hall–Kier alpha value is -1.06. The molecule has 0 bridgehead atoms. The molecule has 2 atom stereocenters. The average molecular weight is 181 g/mol. The third-order valence-corrected chi connectivity index (χ3v) is 2.02. The molecule has 3 heteroatoms. The molecule has 0 aromatic heterocycles. The molecular formula is C10H15NO2. The van der Waals surface area contributed by atoms with Crippen LogP contribution in [0, 0.1) is 0 Å². The van der Waals surface area contributed by atoms with Crippen LogP contribution in [0.2, 0.25) is 0 Å². The lowest BCUT2D eigenvalue weighted by molar-refractivity contribution is 0.164. The molecule has 1 aromatic rings. The second-order valence-electron chi connectivity index (χ2n) is 3.04. The normalized spacial score (nSPS) is 15.1. The second kappa shape index (κ2) is 4.25. The molecule has 1 rings (SSSR count). The number of aliphatic hydroxyl groups is 1. The molecule has 0 aliphatic rings. The highest BCUT2D eigenvalue weighted by Gasteiger charge is 2.11. The number of methoxy groups -OCH3 is 1. The zero-order valence-electron chi connectivity index (χ0n) is 7.90. The fraction of sp³-hybridized carbons (Fsp3) is 0.400. The Kier molecular flexibility index (Phi) is 3.28. The summed E-state index contributed by atoms with van der Waals surface area (Å²) in [4.78, 5) is 0. The van der Waals surface area contributed by atoms with Gasteiger partial charge in [0.2, 0.25) is 0 Å². The van der Waals surface area contributed by atoms with E-state index in [-0.39, 0.29) is 6.04 Å². The molecule has 72 valence electrons. The van der Waals surface area contributed by atoms with Gasteiger partial charge in [-0.1, -0.05) is 12.1 Å². The van der Waals surface area contributed by atoms with Gasteiger partial charge in [-0.25, -0.2) is 0 Å². The first-order valence-corrected chi connectivity index (χ1v) is 4.22. The van der Waals surface area contributed by atoms with Crippen LogP contribution in [0.1, 0.15) is 18.5 Å². The standard InChI is InChI=1S/C10H15NO2/c1-7(12)10(11)8-3-5-9(13-2)6-4-8/h3-7,10,12H,11H2,1-2H3/t7-,10-/m0/s1. The van der Waals surface area contributed by atoms with Crippen LogP contribution in [0.4, 0.5) is 0 Å². The summed E-state index contributed by atoms with van der Waals surface area (Å²) >= 11 is 0. The van der Waals surface area contributed by atoms with Crippen LogP contribution in [0.5, 0.6) is 5.75 Å². The van der Waals surface area contributed by atoms with Crippen LogP contribution in [0.25, 0.3) is 0 Å². The lowest BCUT2D eigenvalue weighted by atomic mass is 10.0. The van der Waals surface area contributed by atoms with E-state index < -0.39 is 6.10 Å². The third-order valence-electron chi connectivity index (χ3n) is 2.02. The van der Waals surface area contributed by atoms with Gasteiger partial charge >= 0.3 is 0 Å². The summed E-state index contributed by atoms with van der Waals surface area (Å²) in [5, 5.41) is 9.24. The van der Waals surface area contributed by atoms with E-state index in [1.54, 1.807) is 14.0 Å². The Morgan fingerprint density at radius 2 is 1.85 bits per heavy atom. The highest BCUT2D eigenvalue weighted by molar-refractivity contribution is 5.29. The van der Waals surface area contributed by atoms with Crippen molar-refractivity contribution in [2.45, 2.75) is 19.1 Å². The van der Waals surface area contributed by atoms with Gasteiger partial charge in [-0.05, 0) is 24.6 Å². The minimum atomic E-state index is -0.534. The lowest BCUT2D eigenvalue weighted by Gasteiger charge is -2.14. The summed E-state index contributed by atoms with van der Waals surface area (Å²) < 4.78 is 5.01. The number of rotatable bonds is 3. The van der Waals surface area contributed by atoms with Gasteiger partial charge in [-0.2, -0.15) is 0 Å². The minimum absolute atomic E-state index is 0.328. The van der Waals surface area contributed by atoms with Gasteiger partial charge in [0.25, 0.3) is 0 Å². The number of ether oxygens (including phenoxy) is 1. The van der Waals surface area contributed by atoms with E-state index in [0.717, 1.165) is 11.3 Å².